The number of carbonyl (C=O) groups excluding carboxylic acids is 1. The van der Waals surface area contributed by atoms with Crippen molar-refractivity contribution in [3.05, 3.63) is 62.1 Å². The summed E-state index contributed by atoms with van der Waals surface area (Å²) < 4.78 is 0.949. The first-order chi connectivity index (χ1) is 12.6. The lowest BCUT2D eigenvalue weighted by Crippen LogP contribution is -2.40. The van der Waals surface area contributed by atoms with E-state index >= 15 is 0 Å². The minimum absolute atomic E-state index is 0.0338. The molecule has 144 valence electrons. The van der Waals surface area contributed by atoms with Crippen molar-refractivity contribution < 1.29 is 4.79 Å². The second-order valence-corrected chi connectivity index (χ2v) is 9.59. The highest BCUT2D eigenvalue weighted by Gasteiger charge is 2.32. The highest BCUT2D eigenvalue weighted by molar-refractivity contribution is 9.10. The van der Waals surface area contributed by atoms with Crippen LogP contribution in [0.1, 0.15) is 60.7 Å². The lowest BCUT2D eigenvalue weighted by Gasteiger charge is -2.39. The highest BCUT2D eigenvalue weighted by Crippen LogP contribution is 2.39. The Kier molecular flexibility index (Phi) is 5.72. The quantitative estimate of drug-likeness (QED) is 0.605. The Morgan fingerprint density at radius 3 is 2.59 bits per heavy atom. The molecule has 5 heteroatoms. The van der Waals surface area contributed by atoms with Gasteiger partial charge in [-0.3, -0.25) is 4.79 Å². The first-order valence-corrected chi connectivity index (χ1v) is 10.4. The Hall–Kier alpha value is -1.36. The molecule has 0 spiro atoms. The van der Waals surface area contributed by atoms with Gasteiger partial charge in [0.15, 0.2) is 0 Å². The third-order valence-corrected chi connectivity index (χ3v) is 6.32. The van der Waals surface area contributed by atoms with Crippen LogP contribution in [0.2, 0.25) is 5.02 Å². The number of nitrogens with zero attached hydrogens (tertiary/aromatic N) is 1. The van der Waals surface area contributed by atoms with Crippen LogP contribution in [0.15, 0.2) is 34.8 Å². The van der Waals surface area contributed by atoms with Crippen LogP contribution in [0, 0.1) is 0 Å². The summed E-state index contributed by atoms with van der Waals surface area (Å²) in [4.78, 5) is 15.0. The second-order valence-electron chi connectivity index (χ2n) is 8.35. The summed E-state index contributed by atoms with van der Waals surface area (Å²) in [5, 5.41) is 3.62. The number of anilines is 1. The van der Waals surface area contributed by atoms with Crippen molar-refractivity contribution in [1.29, 1.82) is 0 Å². The molecule has 2 aromatic carbocycles. The third-order valence-electron chi connectivity index (χ3n) is 5.20. The Labute approximate surface area is 175 Å². The van der Waals surface area contributed by atoms with Gasteiger partial charge in [-0.2, -0.15) is 0 Å². The normalized spacial score (nSPS) is 16.3. The molecule has 0 bridgehead atoms. The summed E-state index contributed by atoms with van der Waals surface area (Å²) in [5.41, 5.74) is 4.85. The van der Waals surface area contributed by atoms with Gasteiger partial charge in [-0.1, -0.05) is 67.4 Å². The summed E-state index contributed by atoms with van der Waals surface area (Å²) in [7, 11) is 2.10. The van der Waals surface area contributed by atoms with E-state index in [1.807, 2.05) is 24.3 Å². The van der Waals surface area contributed by atoms with E-state index in [4.69, 9.17) is 11.6 Å². The predicted octanol–water partition coefficient (Wildman–Crippen LogP) is 6.20. The van der Waals surface area contributed by atoms with Gasteiger partial charge in [0.2, 0.25) is 0 Å². The summed E-state index contributed by atoms with van der Waals surface area (Å²) in [5.74, 6) is 0.239. The smallest absolute Gasteiger partial charge is 0.255 e. The van der Waals surface area contributed by atoms with E-state index in [0.717, 1.165) is 23.1 Å². The zero-order valence-electron chi connectivity index (χ0n) is 16.5. The van der Waals surface area contributed by atoms with Gasteiger partial charge in [-0.15, -0.1) is 0 Å². The molecule has 2 aromatic rings. The number of likely N-dealkylation sites (N-methyl/N-ethyl adjacent to an activating group) is 1. The van der Waals surface area contributed by atoms with Gasteiger partial charge in [-0.25, -0.2) is 0 Å². The van der Waals surface area contributed by atoms with Crippen molar-refractivity contribution in [2.24, 2.45) is 0 Å². The number of benzene rings is 2. The average Bonchev–Trinajstić information content (AvgIpc) is 2.56. The van der Waals surface area contributed by atoms with Gasteiger partial charge >= 0.3 is 0 Å². The van der Waals surface area contributed by atoms with Gasteiger partial charge in [0.05, 0.1) is 10.7 Å². The predicted molar refractivity (Wildman–Crippen MR) is 117 cm³/mol. The van der Waals surface area contributed by atoms with E-state index in [9.17, 15) is 4.79 Å². The topological polar surface area (TPSA) is 32.3 Å². The van der Waals surface area contributed by atoms with Crippen molar-refractivity contribution >= 4 is 39.1 Å². The van der Waals surface area contributed by atoms with E-state index in [2.05, 4.69) is 67.0 Å². The van der Waals surface area contributed by atoms with Crippen molar-refractivity contribution in [2.45, 2.75) is 45.6 Å². The van der Waals surface area contributed by atoms with Crippen molar-refractivity contribution in [3.63, 3.8) is 0 Å². The SMILES string of the molecule is CC(C)c1ccc(C(=O)Nc2ccc3c(c2Cl)CN(C)CC3(C)C)cc1Br. The maximum Gasteiger partial charge on any atom is 0.255 e. The minimum Gasteiger partial charge on any atom is -0.321 e. The molecule has 1 heterocycles. The first-order valence-electron chi connectivity index (χ1n) is 9.21. The van der Waals surface area contributed by atoms with Crippen LogP contribution < -0.4 is 5.32 Å². The average molecular weight is 450 g/mol. The fourth-order valence-corrected chi connectivity index (χ4v) is 5.03. The molecule has 0 aliphatic carbocycles. The summed E-state index contributed by atoms with van der Waals surface area (Å²) >= 11 is 10.3. The van der Waals surface area contributed by atoms with Crippen LogP contribution in [0.4, 0.5) is 5.69 Å². The van der Waals surface area contributed by atoms with E-state index in [0.29, 0.717) is 22.2 Å². The second kappa shape index (κ2) is 7.57. The van der Waals surface area contributed by atoms with Crippen molar-refractivity contribution in [3.8, 4) is 0 Å². The first kappa shape index (κ1) is 20.4. The zero-order valence-corrected chi connectivity index (χ0v) is 18.8. The molecule has 3 rings (SSSR count). The maximum absolute atomic E-state index is 12.8. The number of halogens is 2. The third kappa shape index (κ3) is 4.08. The van der Waals surface area contributed by atoms with Crippen LogP contribution in [-0.2, 0) is 12.0 Å². The maximum atomic E-state index is 12.8. The molecule has 3 nitrogen and oxygen atoms in total. The van der Waals surface area contributed by atoms with Gasteiger partial charge in [0, 0.05) is 28.5 Å². The molecule has 0 aromatic heterocycles. The molecular weight excluding hydrogens is 424 g/mol. The lowest BCUT2D eigenvalue weighted by atomic mass is 9.78. The summed E-state index contributed by atoms with van der Waals surface area (Å²) in [6, 6.07) is 9.74. The number of rotatable bonds is 3. The summed E-state index contributed by atoms with van der Waals surface area (Å²) in [6.07, 6.45) is 0. The van der Waals surface area contributed by atoms with E-state index in [1.165, 1.54) is 11.1 Å². The van der Waals surface area contributed by atoms with Gasteiger partial charge in [0.25, 0.3) is 5.91 Å². The molecule has 0 atom stereocenters. The molecule has 0 fully saturated rings. The Bertz CT molecular complexity index is 892. The molecule has 27 heavy (non-hydrogen) atoms. The number of amides is 1. The molecule has 1 N–H and O–H groups in total. The Morgan fingerprint density at radius 2 is 1.96 bits per heavy atom. The number of carbonyl (C=O) groups is 1. The molecule has 1 aliphatic rings. The Morgan fingerprint density at radius 1 is 1.26 bits per heavy atom. The zero-order chi connectivity index (χ0) is 19.9. The molecule has 0 saturated heterocycles. The number of fused-ring (bicyclic) bond motifs is 1. The molecule has 1 amide bonds. The molecule has 0 radical (unpaired) electrons. The molecule has 0 unspecified atom stereocenters. The summed E-state index contributed by atoms with van der Waals surface area (Å²) in [6.45, 7) is 10.5. The fourth-order valence-electron chi connectivity index (χ4n) is 3.92. The molecular formula is C22H26BrClN2O. The van der Waals surface area contributed by atoms with Gasteiger partial charge < -0.3 is 10.2 Å². The number of hydrogen-bond donors (Lipinski definition) is 1. The largest absolute Gasteiger partial charge is 0.321 e. The van der Waals surface area contributed by atoms with E-state index < -0.39 is 0 Å². The molecule has 1 aliphatic heterocycles. The van der Waals surface area contributed by atoms with E-state index in [-0.39, 0.29) is 11.3 Å². The van der Waals surface area contributed by atoms with Crippen LogP contribution in [-0.4, -0.2) is 24.4 Å². The number of hydrogen-bond acceptors (Lipinski definition) is 2. The van der Waals surface area contributed by atoms with Gasteiger partial charge in [-0.05, 0) is 47.9 Å². The number of nitrogens with one attached hydrogen (secondary N) is 1. The standard InChI is InChI=1S/C22H26BrClN2O/c1-13(2)15-7-6-14(10-18(15)23)21(27)25-19-9-8-17-16(20(19)24)11-26(5)12-22(17,3)4/h6-10,13H,11-12H2,1-5H3,(H,25,27). The minimum atomic E-state index is -0.156. The van der Waals surface area contributed by atoms with Crippen molar-refractivity contribution in [2.75, 3.05) is 18.9 Å². The fraction of sp³-hybridized carbons (Fsp3) is 0.409. The lowest BCUT2D eigenvalue weighted by molar-refractivity contribution is 0.102. The van der Waals surface area contributed by atoms with E-state index in [1.54, 1.807) is 0 Å². The highest BCUT2D eigenvalue weighted by atomic mass is 79.9. The van der Waals surface area contributed by atoms with Crippen LogP contribution in [0.5, 0.6) is 0 Å². The van der Waals surface area contributed by atoms with Gasteiger partial charge in [0.1, 0.15) is 0 Å². The van der Waals surface area contributed by atoms with Crippen LogP contribution in [0.3, 0.4) is 0 Å². The van der Waals surface area contributed by atoms with Crippen LogP contribution >= 0.6 is 27.5 Å². The van der Waals surface area contributed by atoms with Crippen LogP contribution in [0.25, 0.3) is 0 Å². The van der Waals surface area contributed by atoms with Crippen molar-refractivity contribution in [1.82, 2.24) is 4.90 Å². The molecule has 0 saturated carbocycles. The monoisotopic (exact) mass is 448 g/mol. The Balaban J connectivity index is 1.89.